The average molecular weight is 471 g/mol. The number of aromatic hydroxyl groups is 1. The number of thiophene rings is 1. The zero-order valence-corrected chi connectivity index (χ0v) is 18.9. The number of nitrogens with zero attached hydrogens (tertiary/aromatic N) is 2. The van der Waals surface area contributed by atoms with Gasteiger partial charge in [0.2, 0.25) is 0 Å². The summed E-state index contributed by atoms with van der Waals surface area (Å²) in [5.41, 5.74) is 1.43. The normalized spacial score (nSPS) is 13.6. The van der Waals surface area contributed by atoms with Crippen LogP contribution in [0.1, 0.15) is 24.3 Å². The van der Waals surface area contributed by atoms with Crippen LogP contribution in [0.5, 0.6) is 11.5 Å². The van der Waals surface area contributed by atoms with Gasteiger partial charge in [0, 0.05) is 10.9 Å². The molecule has 7 nitrogen and oxygen atoms in total. The molecule has 0 aliphatic heterocycles. The molecule has 4 aromatic rings. The number of hydrogen-bond acceptors (Lipinski definition) is 7. The SMILES string of the molecule is COC(=O)Cn1c(-c2ccc(OC)cc2C2CC2)nc2sc3c(O)c(Cl)ccc3c2c1=O. The predicted molar refractivity (Wildman–Crippen MR) is 124 cm³/mol. The number of hydrogen-bond donors (Lipinski definition) is 1. The van der Waals surface area contributed by atoms with Crippen LogP contribution in [0.25, 0.3) is 31.7 Å². The third kappa shape index (κ3) is 3.30. The van der Waals surface area contributed by atoms with Gasteiger partial charge in [-0.05, 0) is 48.6 Å². The summed E-state index contributed by atoms with van der Waals surface area (Å²) >= 11 is 7.27. The topological polar surface area (TPSA) is 90.7 Å². The van der Waals surface area contributed by atoms with Crippen molar-refractivity contribution in [3.05, 3.63) is 51.3 Å². The van der Waals surface area contributed by atoms with Gasteiger partial charge in [-0.3, -0.25) is 14.2 Å². The number of phenolic OH excluding ortho intramolecular Hbond substituents is 1. The Balaban J connectivity index is 1.85. The van der Waals surface area contributed by atoms with E-state index in [4.69, 9.17) is 26.1 Å². The van der Waals surface area contributed by atoms with Crippen LogP contribution in [0.4, 0.5) is 0 Å². The van der Waals surface area contributed by atoms with Crippen LogP contribution in [0.3, 0.4) is 0 Å². The molecule has 0 bridgehead atoms. The average Bonchev–Trinajstić information content (AvgIpc) is 3.58. The van der Waals surface area contributed by atoms with Crippen molar-refractivity contribution in [2.24, 2.45) is 0 Å². The van der Waals surface area contributed by atoms with Crippen molar-refractivity contribution in [3.63, 3.8) is 0 Å². The van der Waals surface area contributed by atoms with Gasteiger partial charge in [-0.25, -0.2) is 4.98 Å². The fraction of sp³-hybridized carbons (Fsp3) is 0.261. The molecule has 1 fully saturated rings. The van der Waals surface area contributed by atoms with E-state index in [0.717, 1.165) is 29.7 Å². The maximum Gasteiger partial charge on any atom is 0.325 e. The molecule has 1 aliphatic carbocycles. The molecule has 0 spiro atoms. The van der Waals surface area contributed by atoms with E-state index in [1.54, 1.807) is 13.2 Å². The van der Waals surface area contributed by atoms with Gasteiger partial charge in [0.15, 0.2) is 5.75 Å². The van der Waals surface area contributed by atoms with E-state index in [1.165, 1.54) is 29.1 Å². The zero-order chi connectivity index (χ0) is 22.6. The number of rotatable bonds is 5. The third-order valence-corrected chi connectivity index (χ3v) is 7.13. The molecule has 5 rings (SSSR count). The third-order valence-electron chi connectivity index (χ3n) is 5.72. The molecular formula is C23H19ClN2O5S. The van der Waals surface area contributed by atoms with E-state index in [0.29, 0.717) is 32.0 Å². The first kappa shape index (κ1) is 20.8. The predicted octanol–water partition coefficient (Wildman–Crippen LogP) is 4.70. The number of methoxy groups -OCH3 is 2. The molecule has 2 aromatic heterocycles. The van der Waals surface area contributed by atoms with E-state index in [2.05, 4.69) is 0 Å². The van der Waals surface area contributed by atoms with Crippen molar-refractivity contribution < 1.29 is 19.4 Å². The van der Waals surface area contributed by atoms with Crippen molar-refractivity contribution in [1.82, 2.24) is 9.55 Å². The number of esters is 1. The van der Waals surface area contributed by atoms with Gasteiger partial charge >= 0.3 is 5.97 Å². The van der Waals surface area contributed by atoms with Crippen LogP contribution in [0, 0.1) is 0 Å². The summed E-state index contributed by atoms with van der Waals surface area (Å²) < 4.78 is 12.1. The van der Waals surface area contributed by atoms with Crippen LogP contribution in [-0.2, 0) is 16.1 Å². The molecule has 1 saturated carbocycles. The van der Waals surface area contributed by atoms with Gasteiger partial charge < -0.3 is 14.6 Å². The van der Waals surface area contributed by atoms with E-state index >= 15 is 0 Å². The lowest BCUT2D eigenvalue weighted by Gasteiger charge is -2.15. The van der Waals surface area contributed by atoms with Crippen LogP contribution < -0.4 is 10.3 Å². The Kier molecular flexibility index (Phi) is 5.06. The second kappa shape index (κ2) is 7.79. The van der Waals surface area contributed by atoms with Gasteiger partial charge in [-0.2, -0.15) is 0 Å². The van der Waals surface area contributed by atoms with E-state index < -0.39 is 5.97 Å². The number of fused-ring (bicyclic) bond motifs is 3. The maximum absolute atomic E-state index is 13.6. The van der Waals surface area contributed by atoms with Gasteiger partial charge in [-0.15, -0.1) is 11.3 Å². The smallest absolute Gasteiger partial charge is 0.325 e. The highest BCUT2D eigenvalue weighted by Crippen LogP contribution is 2.46. The highest BCUT2D eigenvalue weighted by atomic mass is 35.5. The Hall–Kier alpha value is -3.10. The molecule has 32 heavy (non-hydrogen) atoms. The lowest BCUT2D eigenvalue weighted by molar-refractivity contribution is -0.141. The Morgan fingerprint density at radius 1 is 1.28 bits per heavy atom. The molecule has 164 valence electrons. The number of aromatic nitrogens is 2. The molecular weight excluding hydrogens is 452 g/mol. The van der Waals surface area contributed by atoms with Crippen LogP contribution in [-0.4, -0.2) is 34.8 Å². The molecule has 0 radical (unpaired) electrons. The number of ether oxygens (including phenoxy) is 2. The minimum atomic E-state index is -0.554. The summed E-state index contributed by atoms with van der Waals surface area (Å²) in [6, 6.07) is 8.87. The Morgan fingerprint density at radius 3 is 2.75 bits per heavy atom. The summed E-state index contributed by atoms with van der Waals surface area (Å²) in [6.07, 6.45) is 2.08. The quantitative estimate of drug-likeness (QED) is 0.425. The molecule has 2 aromatic carbocycles. The van der Waals surface area contributed by atoms with Gasteiger partial charge in [-0.1, -0.05) is 17.7 Å². The van der Waals surface area contributed by atoms with Gasteiger partial charge in [0.05, 0.1) is 29.3 Å². The van der Waals surface area contributed by atoms with Crippen molar-refractivity contribution in [2.75, 3.05) is 14.2 Å². The van der Waals surface area contributed by atoms with E-state index in [1.807, 2.05) is 18.2 Å². The van der Waals surface area contributed by atoms with Crippen molar-refractivity contribution in [2.45, 2.75) is 25.3 Å². The molecule has 9 heteroatoms. The van der Waals surface area contributed by atoms with Gasteiger partial charge in [0.25, 0.3) is 5.56 Å². The Morgan fingerprint density at radius 2 is 2.06 bits per heavy atom. The zero-order valence-electron chi connectivity index (χ0n) is 17.3. The Bertz CT molecular complexity index is 1450. The molecule has 0 saturated heterocycles. The molecule has 0 atom stereocenters. The standard InChI is InChI=1S/C23H19ClN2O5S/c1-30-12-5-6-13(15(9-12)11-3-4-11)21-25-22-18(23(29)26(21)10-17(27)31-2)14-7-8-16(24)19(28)20(14)32-22/h5-9,11,28H,3-4,10H2,1-2H3. The van der Waals surface area contributed by atoms with Crippen LogP contribution in [0.15, 0.2) is 35.1 Å². The number of carbonyl (C=O) groups excluding carboxylic acids is 1. The van der Waals surface area contributed by atoms with Crippen LogP contribution >= 0.6 is 22.9 Å². The summed E-state index contributed by atoms with van der Waals surface area (Å²) in [5.74, 6) is 0.816. The lowest BCUT2D eigenvalue weighted by Crippen LogP contribution is -2.27. The number of benzene rings is 2. The minimum absolute atomic E-state index is 0.0873. The number of carbonyl (C=O) groups is 1. The second-order valence-electron chi connectivity index (χ2n) is 7.69. The highest BCUT2D eigenvalue weighted by molar-refractivity contribution is 7.25. The largest absolute Gasteiger partial charge is 0.505 e. The number of phenols is 1. The fourth-order valence-corrected chi connectivity index (χ4v) is 5.26. The van der Waals surface area contributed by atoms with E-state index in [-0.39, 0.29) is 22.9 Å². The molecule has 0 amide bonds. The first-order valence-corrected chi connectivity index (χ1v) is 11.2. The molecule has 1 N–H and O–H groups in total. The summed E-state index contributed by atoms with van der Waals surface area (Å²) in [5, 5.41) is 11.5. The first-order chi connectivity index (χ1) is 15.4. The molecule has 0 unspecified atom stereocenters. The minimum Gasteiger partial charge on any atom is -0.505 e. The van der Waals surface area contributed by atoms with Crippen molar-refractivity contribution in [3.8, 4) is 22.9 Å². The van der Waals surface area contributed by atoms with Gasteiger partial charge in [0.1, 0.15) is 22.9 Å². The summed E-state index contributed by atoms with van der Waals surface area (Å²) in [6.45, 7) is -0.277. The molecule has 2 heterocycles. The summed E-state index contributed by atoms with van der Waals surface area (Å²) in [4.78, 5) is 31.1. The number of halogens is 1. The maximum atomic E-state index is 13.6. The van der Waals surface area contributed by atoms with E-state index in [9.17, 15) is 14.7 Å². The highest BCUT2D eigenvalue weighted by Gasteiger charge is 2.29. The first-order valence-electron chi connectivity index (χ1n) is 10.0. The Labute approximate surface area is 191 Å². The lowest BCUT2D eigenvalue weighted by atomic mass is 10.0. The summed E-state index contributed by atoms with van der Waals surface area (Å²) in [7, 11) is 2.89. The monoisotopic (exact) mass is 470 g/mol. The molecule has 1 aliphatic rings. The second-order valence-corrected chi connectivity index (χ2v) is 9.09. The fourth-order valence-electron chi connectivity index (χ4n) is 3.93. The van der Waals surface area contributed by atoms with Crippen molar-refractivity contribution >= 4 is 49.2 Å². The van der Waals surface area contributed by atoms with Crippen molar-refractivity contribution in [1.29, 1.82) is 0 Å². The van der Waals surface area contributed by atoms with Crippen LogP contribution in [0.2, 0.25) is 5.02 Å².